The fourth-order valence-electron chi connectivity index (χ4n) is 3.06. The smallest absolute Gasteiger partial charge is 0.319 e. The van der Waals surface area contributed by atoms with Crippen LogP contribution in [-0.4, -0.2) is 68.7 Å². The molecule has 2 N–H and O–H groups in total. The second kappa shape index (κ2) is 9.68. The highest BCUT2D eigenvalue weighted by Gasteiger charge is 2.19. The highest BCUT2D eigenvalue weighted by Crippen LogP contribution is 2.22. The Morgan fingerprint density at radius 1 is 1.21 bits per heavy atom. The van der Waals surface area contributed by atoms with Crippen LogP contribution in [0, 0.1) is 0 Å². The van der Waals surface area contributed by atoms with Crippen LogP contribution < -0.4 is 10.6 Å². The Kier molecular flexibility index (Phi) is 7.02. The number of amides is 3. The van der Waals surface area contributed by atoms with Crippen LogP contribution >= 0.6 is 11.3 Å². The van der Waals surface area contributed by atoms with Gasteiger partial charge in [-0.3, -0.25) is 4.79 Å². The van der Waals surface area contributed by atoms with Gasteiger partial charge in [-0.25, -0.2) is 4.79 Å². The lowest BCUT2D eigenvalue weighted by molar-refractivity contribution is 0.0303. The highest BCUT2D eigenvalue weighted by molar-refractivity contribution is 7.10. The Hall–Kier alpha value is -2.42. The molecule has 1 aliphatic rings. The number of urea groups is 1. The number of benzene rings is 1. The highest BCUT2D eigenvalue weighted by atomic mass is 32.1. The van der Waals surface area contributed by atoms with Crippen LogP contribution in [0.2, 0.25) is 0 Å². The molecule has 8 heteroatoms. The molecule has 0 spiro atoms. The van der Waals surface area contributed by atoms with Gasteiger partial charge < -0.3 is 25.2 Å². The molecule has 2 aromatic rings. The van der Waals surface area contributed by atoms with Crippen molar-refractivity contribution in [2.75, 3.05) is 52.3 Å². The standard InChI is InChI=1S/C20H26N4O3S/c1-23(2)17(18-7-4-12-28-18)14-21-20(26)22-16-6-3-5-15(13-16)19(25)24-8-10-27-11-9-24/h3-7,12-13,17H,8-11,14H2,1-2H3,(H2,21,22,26)/t17-/m0/s1. The van der Waals surface area contributed by atoms with Crippen molar-refractivity contribution in [1.29, 1.82) is 0 Å². The molecular weight excluding hydrogens is 376 g/mol. The van der Waals surface area contributed by atoms with Gasteiger partial charge in [-0.2, -0.15) is 0 Å². The zero-order valence-electron chi connectivity index (χ0n) is 16.2. The molecule has 3 rings (SSSR count). The Morgan fingerprint density at radius 2 is 2.00 bits per heavy atom. The molecule has 1 aromatic carbocycles. The molecule has 1 fully saturated rings. The SMILES string of the molecule is CN(C)[C@@H](CNC(=O)Nc1cccc(C(=O)N2CCOCC2)c1)c1cccs1. The molecule has 0 unspecified atom stereocenters. The van der Waals surface area contributed by atoms with E-state index in [0.29, 0.717) is 44.1 Å². The summed E-state index contributed by atoms with van der Waals surface area (Å²) in [5, 5.41) is 7.77. The van der Waals surface area contributed by atoms with Crippen LogP contribution in [0.25, 0.3) is 0 Å². The van der Waals surface area contributed by atoms with Gasteiger partial charge >= 0.3 is 6.03 Å². The third-order valence-electron chi connectivity index (χ3n) is 4.62. The topological polar surface area (TPSA) is 73.9 Å². The molecular formula is C20H26N4O3S. The zero-order chi connectivity index (χ0) is 19.9. The number of ether oxygens (including phenoxy) is 1. The maximum atomic E-state index is 12.6. The number of hydrogen-bond acceptors (Lipinski definition) is 5. The minimum absolute atomic E-state index is 0.0438. The number of likely N-dealkylation sites (N-methyl/N-ethyl adjacent to an activating group) is 1. The first kappa shape index (κ1) is 20.3. The number of carbonyl (C=O) groups excluding carboxylic acids is 2. The summed E-state index contributed by atoms with van der Waals surface area (Å²) >= 11 is 1.67. The van der Waals surface area contributed by atoms with Crippen molar-refractivity contribution in [3.8, 4) is 0 Å². The lowest BCUT2D eigenvalue weighted by Crippen LogP contribution is -2.40. The molecule has 7 nitrogen and oxygen atoms in total. The van der Waals surface area contributed by atoms with E-state index in [9.17, 15) is 9.59 Å². The van der Waals surface area contributed by atoms with Gasteiger partial charge in [0.1, 0.15) is 0 Å². The van der Waals surface area contributed by atoms with Gasteiger partial charge in [0.15, 0.2) is 0 Å². The fourth-order valence-corrected chi connectivity index (χ4v) is 3.98. The molecule has 0 bridgehead atoms. The zero-order valence-corrected chi connectivity index (χ0v) is 17.0. The van der Waals surface area contributed by atoms with Gasteiger partial charge in [0.25, 0.3) is 5.91 Å². The maximum Gasteiger partial charge on any atom is 0.319 e. The normalized spacial score (nSPS) is 15.3. The molecule has 1 saturated heterocycles. The monoisotopic (exact) mass is 402 g/mol. The predicted molar refractivity (Wildman–Crippen MR) is 111 cm³/mol. The van der Waals surface area contributed by atoms with Crippen LogP contribution in [0.15, 0.2) is 41.8 Å². The van der Waals surface area contributed by atoms with Crippen LogP contribution in [-0.2, 0) is 4.74 Å². The minimum atomic E-state index is -0.292. The predicted octanol–water partition coefficient (Wildman–Crippen LogP) is 2.64. The number of carbonyl (C=O) groups is 2. The quantitative estimate of drug-likeness (QED) is 0.779. The van der Waals surface area contributed by atoms with Crippen LogP contribution in [0.5, 0.6) is 0 Å². The first-order valence-corrected chi connectivity index (χ1v) is 10.1. The Bertz CT molecular complexity index is 789. The molecule has 1 aromatic heterocycles. The van der Waals surface area contributed by atoms with Crippen molar-refractivity contribution >= 4 is 29.0 Å². The average molecular weight is 403 g/mol. The van der Waals surface area contributed by atoms with Gasteiger partial charge in [0.2, 0.25) is 0 Å². The lowest BCUT2D eigenvalue weighted by Gasteiger charge is -2.27. The van der Waals surface area contributed by atoms with Crippen LogP contribution in [0.1, 0.15) is 21.3 Å². The molecule has 1 atom stereocenters. The summed E-state index contributed by atoms with van der Waals surface area (Å²) in [4.78, 5) is 30.0. The summed E-state index contributed by atoms with van der Waals surface area (Å²) in [5.74, 6) is -0.0438. The summed E-state index contributed by atoms with van der Waals surface area (Å²) in [6, 6.07) is 10.9. The Labute approximate surface area is 169 Å². The lowest BCUT2D eigenvalue weighted by atomic mass is 10.1. The second-order valence-corrected chi connectivity index (χ2v) is 7.79. The largest absolute Gasteiger partial charge is 0.378 e. The number of nitrogens with zero attached hydrogens (tertiary/aromatic N) is 2. The third kappa shape index (κ3) is 5.31. The summed E-state index contributed by atoms with van der Waals surface area (Å²) in [6.07, 6.45) is 0. The fraction of sp³-hybridized carbons (Fsp3) is 0.400. The molecule has 0 saturated carbocycles. The molecule has 28 heavy (non-hydrogen) atoms. The van der Waals surface area contributed by atoms with E-state index < -0.39 is 0 Å². The van der Waals surface area contributed by atoms with E-state index in [1.165, 1.54) is 4.88 Å². The maximum absolute atomic E-state index is 12.6. The van der Waals surface area contributed by atoms with Crippen molar-refractivity contribution < 1.29 is 14.3 Å². The molecule has 0 radical (unpaired) electrons. The first-order valence-electron chi connectivity index (χ1n) is 9.26. The van der Waals surface area contributed by atoms with E-state index in [1.807, 2.05) is 25.5 Å². The van der Waals surface area contributed by atoms with Crippen molar-refractivity contribution in [3.05, 3.63) is 52.2 Å². The Balaban J connectivity index is 1.57. The number of morpholine rings is 1. The van der Waals surface area contributed by atoms with Crippen LogP contribution in [0.4, 0.5) is 10.5 Å². The average Bonchev–Trinajstić information content (AvgIpc) is 3.22. The van der Waals surface area contributed by atoms with Gasteiger partial charge in [-0.1, -0.05) is 12.1 Å². The van der Waals surface area contributed by atoms with Crippen molar-refractivity contribution in [3.63, 3.8) is 0 Å². The molecule has 2 heterocycles. The number of anilines is 1. The Morgan fingerprint density at radius 3 is 2.68 bits per heavy atom. The minimum Gasteiger partial charge on any atom is -0.378 e. The summed E-state index contributed by atoms with van der Waals surface area (Å²) in [7, 11) is 3.98. The van der Waals surface area contributed by atoms with Gasteiger partial charge in [0.05, 0.1) is 19.3 Å². The van der Waals surface area contributed by atoms with E-state index in [0.717, 1.165) is 0 Å². The van der Waals surface area contributed by atoms with Crippen molar-refractivity contribution in [1.82, 2.24) is 15.1 Å². The summed E-state index contributed by atoms with van der Waals surface area (Å²) in [5.41, 5.74) is 1.15. The molecule has 150 valence electrons. The van der Waals surface area contributed by atoms with Gasteiger partial charge in [-0.05, 0) is 43.7 Å². The van der Waals surface area contributed by atoms with E-state index >= 15 is 0 Å². The first-order chi connectivity index (χ1) is 13.5. The summed E-state index contributed by atoms with van der Waals surface area (Å²) < 4.78 is 5.29. The van der Waals surface area contributed by atoms with E-state index in [-0.39, 0.29) is 18.0 Å². The van der Waals surface area contributed by atoms with E-state index in [4.69, 9.17) is 4.74 Å². The molecule has 3 amide bonds. The van der Waals surface area contributed by atoms with Crippen molar-refractivity contribution in [2.24, 2.45) is 0 Å². The third-order valence-corrected chi connectivity index (χ3v) is 5.59. The second-order valence-electron chi connectivity index (χ2n) is 6.82. The van der Waals surface area contributed by atoms with Crippen LogP contribution in [0.3, 0.4) is 0 Å². The van der Waals surface area contributed by atoms with E-state index in [2.05, 4.69) is 21.6 Å². The molecule has 0 aliphatic carbocycles. The van der Waals surface area contributed by atoms with Gasteiger partial charge in [-0.15, -0.1) is 11.3 Å². The van der Waals surface area contributed by atoms with Gasteiger partial charge in [0, 0.05) is 35.8 Å². The molecule has 1 aliphatic heterocycles. The number of rotatable bonds is 6. The van der Waals surface area contributed by atoms with E-state index in [1.54, 1.807) is 40.5 Å². The van der Waals surface area contributed by atoms with Crippen molar-refractivity contribution in [2.45, 2.75) is 6.04 Å². The summed E-state index contributed by atoms with van der Waals surface area (Å²) in [6.45, 7) is 2.79. The number of hydrogen-bond donors (Lipinski definition) is 2. The number of nitrogens with one attached hydrogen (secondary N) is 2. The number of thiophene rings is 1.